The van der Waals surface area contributed by atoms with Crippen LogP contribution in [0, 0.1) is 5.92 Å². The smallest absolute Gasteiger partial charge is 0.157 e. The van der Waals surface area contributed by atoms with E-state index in [4.69, 9.17) is 4.99 Å². The fourth-order valence-electron chi connectivity index (χ4n) is 2.64. The molecule has 0 amide bonds. The summed E-state index contributed by atoms with van der Waals surface area (Å²) in [5.41, 5.74) is 0. The fraction of sp³-hybridized carbons (Fsp3) is 0.917. The second kappa shape index (κ2) is 5.41. The lowest BCUT2D eigenvalue weighted by atomic mass is 10.1. The standard InChI is InChI=1S/C12H23N3S/c1-9(7-15(2)3)13-12-14-11-6-4-5-10(11)8-16-12/h9-11H,4-8H2,1-3H3,(H,13,14). The van der Waals surface area contributed by atoms with Crippen LogP contribution >= 0.6 is 11.8 Å². The highest BCUT2D eigenvalue weighted by Gasteiger charge is 2.31. The molecule has 3 nitrogen and oxygen atoms in total. The highest BCUT2D eigenvalue weighted by Crippen LogP contribution is 2.34. The molecule has 1 aliphatic heterocycles. The highest BCUT2D eigenvalue weighted by molar-refractivity contribution is 8.13. The molecular weight excluding hydrogens is 218 g/mol. The summed E-state index contributed by atoms with van der Waals surface area (Å²) in [6.45, 7) is 3.29. The molecule has 92 valence electrons. The minimum Gasteiger partial charge on any atom is -0.361 e. The van der Waals surface area contributed by atoms with Gasteiger partial charge in [0.25, 0.3) is 0 Å². The van der Waals surface area contributed by atoms with Crippen molar-refractivity contribution >= 4 is 16.9 Å². The van der Waals surface area contributed by atoms with E-state index in [2.05, 4.69) is 31.2 Å². The Hall–Kier alpha value is -0.220. The molecule has 0 aromatic heterocycles. The normalized spacial score (nSPS) is 31.1. The van der Waals surface area contributed by atoms with Crippen LogP contribution in [-0.4, -0.2) is 48.5 Å². The first-order valence-corrected chi connectivity index (χ1v) is 7.25. The number of amidine groups is 1. The van der Waals surface area contributed by atoms with Gasteiger partial charge in [0.15, 0.2) is 5.17 Å². The van der Waals surface area contributed by atoms with Gasteiger partial charge in [0, 0.05) is 18.3 Å². The van der Waals surface area contributed by atoms with E-state index in [1.54, 1.807) is 0 Å². The maximum atomic E-state index is 4.84. The van der Waals surface area contributed by atoms with E-state index < -0.39 is 0 Å². The molecule has 1 fully saturated rings. The Kier molecular flexibility index (Phi) is 4.14. The molecule has 3 atom stereocenters. The Morgan fingerprint density at radius 2 is 2.31 bits per heavy atom. The molecule has 1 heterocycles. The van der Waals surface area contributed by atoms with Gasteiger partial charge in [0.1, 0.15) is 0 Å². The molecule has 0 aromatic carbocycles. The zero-order chi connectivity index (χ0) is 11.5. The number of thioether (sulfide) groups is 1. The summed E-state index contributed by atoms with van der Waals surface area (Å²) < 4.78 is 0. The number of nitrogens with zero attached hydrogens (tertiary/aromatic N) is 2. The van der Waals surface area contributed by atoms with Crippen molar-refractivity contribution in [1.82, 2.24) is 10.2 Å². The van der Waals surface area contributed by atoms with Crippen molar-refractivity contribution < 1.29 is 0 Å². The molecule has 4 heteroatoms. The Bertz CT molecular complexity index is 265. The zero-order valence-corrected chi connectivity index (χ0v) is 11.4. The van der Waals surface area contributed by atoms with Gasteiger partial charge in [-0.15, -0.1) is 0 Å². The molecule has 0 spiro atoms. The van der Waals surface area contributed by atoms with Gasteiger partial charge in [0.2, 0.25) is 0 Å². The molecule has 0 radical (unpaired) electrons. The third kappa shape index (κ3) is 3.14. The molecule has 2 aliphatic rings. The third-order valence-electron chi connectivity index (χ3n) is 3.35. The van der Waals surface area contributed by atoms with Gasteiger partial charge in [-0.2, -0.15) is 0 Å². The molecule has 1 aliphatic carbocycles. The van der Waals surface area contributed by atoms with Crippen molar-refractivity contribution in [2.45, 2.75) is 38.3 Å². The van der Waals surface area contributed by atoms with E-state index in [0.717, 1.165) is 12.5 Å². The van der Waals surface area contributed by atoms with Gasteiger partial charge < -0.3 is 10.2 Å². The largest absolute Gasteiger partial charge is 0.361 e. The first kappa shape index (κ1) is 12.2. The van der Waals surface area contributed by atoms with E-state index in [1.807, 2.05) is 11.8 Å². The van der Waals surface area contributed by atoms with Gasteiger partial charge in [-0.3, -0.25) is 4.99 Å². The second-order valence-corrected chi connectivity index (χ2v) is 6.32. The molecular formula is C12H23N3S. The lowest BCUT2D eigenvalue weighted by Gasteiger charge is -2.26. The Morgan fingerprint density at radius 3 is 3.06 bits per heavy atom. The average Bonchev–Trinajstić information content (AvgIpc) is 2.63. The third-order valence-corrected chi connectivity index (χ3v) is 4.44. The molecule has 1 N–H and O–H groups in total. The van der Waals surface area contributed by atoms with Crippen LogP contribution in [0.2, 0.25) is 0 Å². The van der Waals surface area contributed by atoms with Crippen LogP contribution < -0.4 is 5.32 Å². The lowest BCUT2D eigenvalue weighted by molar-refractivity contribution is 0.370. The van der Waals surface area contributed by atoms with Crippen LogP contribution in [-0.2, 0) is 0 Å². The summed E-state index contributed by atoms with van der Waals surface area (Å²) in [6.07, 6.45) is 4.07. The van der Waals surface area contributed by atoms with Crippen LogP contribution in [0.1, 0.15) is 26.2 Å². The molecule has 2 rings (SSSR count). The number of fused-ring (bicyclic) bond motifs is 1. The molecule has 0 bridgehead atoms. The molecule has 0 saturated heterocycles. The van der Waals surface area contributed by atoms with Crippen LogP contribution in [0.4, 0.5) is 0 Å². The van der Waals surface area contributed by atoms with Crippen LogP contribution in [0.3, 0.4) is 0 Å². The predicted octanol–water partition coefficient (Wildman–Crippen LogP) is 1.80. The number of aliphatic imine (C=N–C) groups is 1. The number of likely N-dealkylation sites (N-methyl/N-ethyl adjacent to an activating group) is 1. The number of nitrogens with one attached hydrogen (secondary N) is 1. The van der Waals surface area contributed by atoms with Crippen LogP contribution in [0.15, 0.2) is 4.99 Å². The van der Waals surface area contributed by atoms with Crippen molar-refractivity contribution in [3.63, 3.8) is 0 Å². The summed E-state index contributed by atoms with van der Waals surface area (Å²) in [7, 11) is 4.22. The predicted molar refractivity (Wildman–Crippen MR) is 72.2 cm³/mol. The fourth-order valence-corrected chi connectivity index (χ4v) is 3.89. The van der Waals surface area contributed by atoms with Crippen molar-refractivity contribution in [3.05, 3.63) is 0 Å². The molecule has 16 heavy (non-hydrogen) atoms. The quantitative estimate of drug-likeness (QED) is 0.816. The minimum absolute atomic E-state index is 0.485. The highest BCUT2D eigenvalue weighted by atomic mass is 32.2. The van der Waals surface area contributed by atoms with E-state index in [-0.39, 0.29) is 0 Å². The number of rotatable bonds is 3. The van der Waals surface area contributed by atoms with Gasteiger partial charge in [-0.1, -0.05) is 18.2 Å². The maximum Gasteiger partial charge on any atom is 0.157 e. The summed E-state index contributed by atoms with van der Waals surface area (Å²) in [5, 5.41) is 4.71. The number of hydrogen-bond donors (Lipinski definition) is 1. The average molecular weight is 241 g/mol. The van der Waals surface area contributed by atoms with E-state index in [0.29, 0.717) is 12.1 Å². The van der Waals surface area contributed by atoms with Crippen molar-refractivity contribution in [3.8, 4) is 0 Å². The lowest BCUT2D eigenvalue weighted by Crippen LogP contribution is -2.40. The van der Waals surface area contributed by atoms with E-state index in [1.165, 1.54) is 30.2 Å². The Labute approximate surface area is 103 Å². The van der Waals surface area contributed by atoms with Crippen molar-refractivity contribution in [2.24, 2.45) is 10.9 Å². The SMILES string of the molecule is CC(CN(C)C)NC1=NC2CCCC2CS1. The van der Waals surface area contributed by atoms with Gasteiger partial charge in [0.05, 0.1) is 6.04 Å². The summed E-state index contributed by atoms with van der Waals surface area (Å²) in [6, 6.07) is 1.11. The van der Waals surface area contributed by atoms with Crippen LogP contribution in [0.25, 0.3) is 0 Å². The van der Waals surface area contributed by atoms with Gasteiger partial charge >= 0.3 is 0 Å². The van der Waals surface area contributed by atoms with Gasteiger partial charge in [-0.25, -0.2) is 0 Å². The van der Waals surface area contributed by atoms with E-state index >= 15 is 0 Å². The maximum absolute atomic E-state index is 4.84. The number of hydrogen-bond acceptors (Lipinski definition) is 4. The van der Waals surface area contributed by atoms with Crippen molar-refractivity contribution in [1.29, 1.82) is 0 Å². The molecule has 3 unspecified atom stereocenters. The second-order valence-electron chi connectivity index (χ2n) is 5.31. The van der Waals surface area contributed by atoms with Crippen molar-refractivity contribution in [2.75, 3.05) is 26.4 Å². The topological polar surface area (TPSA) is 27.6 Å². The molecule has 0 aromatic rings. The first-order chi connectivity index (χ1) is 7.65. The Balaban J connectivity index is 1.85. The summed E-state index contributed by atoms with van der Waals surface area (Å²) >= 11 is 1.92. The van der Waals surface area contributed by atoms with Crippen LogP contribution in [0.5, 0.6) is 0 Å². The zero-order valence-electron chi connectivity index (χ0n) is 10.6. The van der Waals surface area contributed by atoms with E-state index in [9.17, 15) is 0 Å². The monoisotopic (exact) mass is 241 g/mol. The minimum atomic E-state index is 0.485. The first-order valence-electron chi connectivity index (χ1n) is 6.27. The summed E-state index contributed by atoms with van der Waals surface area (Å²) in [4.78, 5) is 7.05. The Morgan fingerprint density at radius 1 is 1.50 bits per heavy atom. The summed E-state index contributed by atoms with van der Waals surface area (Å²) in [5.74, 6) is 2.13. The molecule has 1 saturated carbocycles. The van der Waals surface area contributed by atoms with Gasteiger partial charge in [-0.05, 0) is 39.8 Å².